The number of aromatic nitrogens is 1. The van der Waals surface area contributed by atoms with Crippen molar-refractivity contribution in [1.82, 2.24) is 14.4 Å². The number of fused-ring (bicyclic) bond motifs is 1. The van der Waals surface area contributed by atoms with Crippen molar-refractivity contribution < 1.29 is 23.8 Å². The lowest BCUT2D eigenvalue weighted by Crippen LogP contribution is -2.29. The Morgan fingerprint density at radius 1 is 1.06 bits per heavy atom. The fraction of sp³-hybridized carbons (Fsp3) is 0.519. The van der Waals surface area contributed by atoms with Gasteiger partial charge in [0.1, 0.15) is 17.1 Å². The quantitative estimate of drug-likeness (QED) is 0.542. The smallest absolute Gasteiger partial charge is 0.343 e. The molecule has 1 atom stereocenters. The number of carbonyl (C=O) groups excluding carboxylic acids is 2. The number of esters is 1. The van der Waals surface area contributed by atoms with Gasteiger partial charge in [-0.2, -0.15) is 0 Å². The van der Waals surface area contributed by atoms with Crippen molar-refractivity contribution in [2.45, 2.75) is 39.8 Å². The molecule has 2 aliphatic rings. The summed E-state index contributed by atoms with van der Waals surface area (Å²) < 4.78 is 18.2. The minimum atomic E-state index is -0.525. The molecular formula is C27H35N3O6. The van der Waals surface area contributed by atoms with E-state index in [-0.39, 0.29) is 29.7 Å². The summed E-state index contributed by atoms with van der Waals surface area (Å²) in [5, 5.41) is 0. The van der Waals surface area contributed by atoms with Gasteiger partial charge in [-0.1, -0.05) is 6.07 Å². The third-order valence-electron chi connectivity index (χ3n) is 7.43. The molecule has 2 aliphatic heterocycles. The summed E-state index contributed by atoms with van der Waals surface area (Å²) in [6.07, 6.45) is 0.906. The maximum atomic E-state index is 13.1. The Hall–Kier alpha value is -3.33. The number of methoxy groups -OCH3 is 2. The molecule has 36 heavy (non-hydrogen) atoms. The van der Waals surface area contributed by atoms with E-state index >= 15 is 0 Å². The molecule has 1 aromatic heterocycles. The molecule has 0 radical (unpaired) electrons. The summed E-state index contributed by atoms with van der Waals surface area (Å²) in [6, 6.07) is 5.45. The molecule has 1 aromatic carbocycles. The van der Waals surface area contributed by atoms with Crippen molar-refractivity contribution in [1.29, 1.82) is 0 Å². The number of rotatable bonds is 7. The number of hydrogen-bond acceptors (Lipinski definition) is 7. The highest BCUT2D eigenvalue weighted by molar-refractivity contribution is 5.93. The Labute approximate surface area is 211 Å². The number of carbonyl (C=O) groups is 2. The number of hydrogen-bond donors (Lipinski definition) is 0. The van der Waals surface area contributed by atoms with E-state index in [1.807, 2.05) is 6.07 Å². The average Bonchev–Trinajstić information content (AvgIpc) is 3.04. The van der Waals surface area contributed by atoms with Crippen LogP contribution in [0.3, 0.4) is 0 Å². The van der Waals surface area contributed by atoms with Crippen molar-refractivity contribution in [2.24, 2.45) is 5.92 Å². The van der Waals surface area contributed by atoms with Gasteiger partial charge in [0.2, 0.25) is 5.91 Å². The summed E-state index contributed by atoms with van der Waals surface area (Å²) in [6.45, 7) is 7.56. The molecule has 194 valence electrons. The lowest BCUT2D eigenvalue weighted by Gasteiger charge is -2.22. The Bertz CT molecular complexity index is 1220. The van der Waals surface area contributed by atoms with E-state index in [0.29, 0.717) is 50.3 Å². The topological polar surface area (TPSA) is 90.3 Å². The van der Waals surface area contributed by atoms with Gasteiger partial charge in [0.05, 0.1) is 20.8 Å². The van der Waals surface area contributed by atoms with Gasteiger partial charge < -0.3 is 23.7 Å². The van der Waals surface area contributed by atoms with E-state index < -0.39 is 5.97 Å². The first kappa shape index (κ1) is 25.8. The highest BCUT2D eigenvalue weighted by Gasteiger charge is 2.30. The number of benzene rings is 1. The van der Waals surface area contributed by atoms with Crippen LogP contribution in [0.1, 0.15) is 39.2 Å². The number of amides is 1. The van der Waals surface area contributed by atoms with Gasteiger partial charge >= 0.3 is 5.97 Å². The maximum absolute atomic E-state index is 13.1. The largest absolute Gasteiger partial charge is 0.496 e. The zero-order valence-corrected chi connectivity index (χ0v) is 21.8. The number of pyridine rings is 1. The molecule has 4 rings (SSSR count). The minimum absolute atomic E-state index is 0.0150. The molecule has 0 saturated carbocycles. The van der Waals surface area contributed by atoms with Crippen LogP contribution in [0.5, 0.6) is 11.5 Å². The van der Waals surface area contributed by atoms with Crippen LogP contribution in [-0.4, -0.2) is 73.8 Å². The molecule has 0 spiro atoms. The molecule has 9 nitrogen and oxygen atoms in total. The predicted molar refractivity (Wildman–Crippen MR) is 135 cm³/mol. The SMILES string of the molecule is COC(=O)c1c(OCC2CC(=O)N(C)C2)cc(=O)n2c1CCN(Cc1ccc(OC)c(C)c1C)CC2. The summed E-state index contributed by atoms with van der Waals surface area (Å²) in [4.78, 5) is 41.7. The number of nitrogens with zero attached hydrogens (tertiary/aromatic N) is 3. The zero-order valence-electron chi connectivity index (χ0n) is 21.8. The predicted octanol–water partition coefficient (Wildman–Crippen LogP) is 2.18. The van der Waals surface area contributed by atoms with E-state index in [0.717, 1.165) is 17.9 Å². The van der Waals surface area contributed by atoms with Gasteiger partial charge in [-0.15, -0.1) is 0 Å². The van der Waals surface area contributed by atoms with Crippen LogP contribution >= 0.6 is 0 Å². The molecule has 2 aromatic rings. The normalized spacial score (nSPS) is 18.1. The second-order valence-electron chi connectivity index (χ2n) is 9.67. The summed E-state index contributed by atoms with van der Waals surface area (Å²) in [7, 11) is 4.77. The maximum Gasteiger partial charge on any atom is 0.343 e. The fourth-order valence-electron chi connectivity index (χ4n) is 5.15. The van der Waals surface area contributed by atoms with Crippen molar-refractivity contribution in [3.05, 3.63) is 56.5 Å². The van der Waals surface area contributed by atoms with E-state index in [4.69, 9.17) is 14.2 Å². The Morgan fingerprint density at radius 3 is 2.50 bits per heavy atom. The second-order valence-corrected chi connectivity index (χ2v) is 9.67. The van der Waals surface area contributed by atoms with E-state index in [2.05, 4.69) is 24.8 Å². The van der Waals surface area contributed by atoms with Crippen LogP contribution in [0, 0.1) is 19.8 Å². The average molecular weight is 498 g/mol. The summed E-state index contributed by atoms with van der Waals surface area (Å²) >= 11 is 0. The van der Waals surface area contributed by atoms with Crippen LogP contribution in [0.15, 0.2) is 23.0 Å². The van der Waals surface area contributed by atoms with Crippen molar-refractivity contribution in [3.8, 4) is 11.5 Å². The molecule has 3 heterocycles. The second kappa shape index (κ2) is 10.7. The van der Waals surface area contributed by atoms with Crippen LogP contribution in [0.2, 0.25) is 0 Å². The van der Waals surface area contributed by atoms with Crippen LogP contribution in [0.4, 0.5) is 0 Å². The standard InChI is InChI=1S/C27H35N3O6/c1-17-18(2)22(34-4)7-6-20(17)15-29-9-8-21-26(27(33)35-5)23(13-25(32)30(21)11-10-29)36-16-19-12-24(31)28(3)14-19/h6-7,13,19H,8-12,14-16H2,1-5H3. The molecule has 1 fully saturated rings. The molecule has 1 unspecified atom stereocenters. The highest BCUT2D eigenvalue weighted by Crippen LogP contribution is 2.28. The third kappa shape index (κ3) is 5.11. The Kier molecular flexibility index (Phi) is 7.68. The van der Waals surface area contributed by atoms with Gasteiger partial charge in [0.15, 0.2) is 0 Å². The molecule has 1 amide bonds. The monoisotopic (exact) mass is 497 g/mol. The van der Waals surface area contributed by atoms with Crippen molar-refractivity contribution in [3.63, 3.8) is 0 Å². The first-order valence-electron chi connectivity index (χ1n) is 12.3. The van der Waals surface area contributed by atoms with Crippen LogP contribution in [-0.2, 0) is 29.0 Å². The Morgan fingerprint density at radius 2 is 1.83 bits per heavy atom. The third-order valence-corrected chi connectivity index (χ3v) is 7.43. The van der Waals surface area contributed by atoms with E-state index in [1.165, 1.54) is 24.3 Å². The first-order chi connectivity index (χ1) is 17.2. The molecular weight excluding hydrogens is 462 g/mol. The Balaban J connectivity index is 1.57. The van der Waals surface area contributed by atoms with Crippen LogP contribution in [0.25, 0.3) is 0 Å². The molecule has 9 heteroatoms. The first-order valence-corrected chi connectivity index (χ1v) is 12.3. The van der Waals surface area contributed by atoms with Gasteiger partial charge in [0.25, 0.3) is 5.56 Å². The molecule has 1 saturated heterocycles. The fourth-order valence-corrected chi connectivity index (χ4v) is 5.15. The summed E-state index contributed by atoms with van der Waals surface area (Å²) in [5.41, 5.74) is 4.25. The van der Waals surface area contributed by atoms with Gasteiger partial charge in [-0.05, 0) is 36.6 Å². The van der Waals surface area contributed by atoms with E-state index in [1.54, 1.807) is 23.6 Å². The number of likely N-dealkylation sites (tertiary alicyclic amines) is 1. The van der Waals surface area contributed by atoms with Crippen molar-refractivity contribution in [2.75, 3.05) is 47.5 Å². The lowest BCUT2D eigenvalue weighted by atomic mass is 10.0. The van der Waals surface area contributed by atoms with E-state index in [9.17, 15) is 14.4 Å². The molecule has 0 N–H and O–H groups in total. The van der Waals surface area contributed by atoms with Crippen LogP contribution < -0.4 is 15.0 Å². The van der Waals surface area contributed by atoms with Gasteiger partial charge in [-0.25, -0.2) is 4.79 Å². The van der Waals surface area contributed by atoms with Crippen molar-refractivity contribution >= 4 is 11.9 Å². The molecule has 0 bridgehead atoms. The van der Waals surface area contributed by atoms with Gasteiger partial charge in [0, 0.05) is 70.3 Å². The molecule has 0 aliphatic carbocycles. The zero-order chi connectivity index (χ0) is 26.0. The number of ether oxygens (including phenoxy) is 3. The highest BCUT2D eigenvalue weighted by atomic mass is 16.5. The summed E-state index contributed by atoms with van der Waals surface area (Å²) in [5.74, 6) is 0.663. The van der Waals surface area contributed by atoms with Gasteiger partial charge in [-0.3, -0.25) is 14.5 Å². The lowest BCUT2D eigenvalue weighted by molar-refractivity contribution is -0.126. The minimum Gasteiger partial charge on any atom is -0.496 e.